The third-order valence-electron chi connectivity index (χ3n) is 5.80. The maximum Gasteiger partial charge on any atom is 0.253 e. The van der Waals surface area contributed by atoms with E-state index in [4.69, 9.17) is 4.74 Å². The molecule has 1 fully saturated rings. The van der Waals surface area contributed by atoms with Gasteiger partial charge in [-0.2, -0.15) is 0 Å². The van der Waals surface area contributed by atoms with E-state index < -0.39 is 0 Å². The van der Waals surface area contributed by atoms with E-state index in [1.165, 1.54) is 26.4 Å². The largest absolute Gasteiger partial charge is 0.375 e. The molecule has 0 spiro atoms. The van der Waals surface area contributed by atoms with Gasteiger partial charge in [0, 0.05) is 25.9 Å². The lowest BCUT2D eigenvalue weighted by Crippen LogP contribution is -2.38. The fourth-order valence-electron chi connectivity index (χ4n) is 4.10. The monoisotopic (exact) mass is 437 g/mol. The zero-order chi connectivity index (χ0) is 22.8. The van der Waals surface area contributed by atoms with Crippen LogP contribution in [0.4, 0.5) is 5.69 Å². The number of likely N-dealkylation sites (tertiary alicyclic amines) is 1. The van der Waals surface area contributed by atoms with Gasteiger partial charge >= 0.3 is 0 Å². The van der Waals surface area contributed by atoms with Crippen LogP contribution in [-0.4, -0.2) is 56.6 Å². The van der Waals surface area contributed by atoms with Gasteiger partial charge < -0.3 is 19.9 Å². The lowest BCUT2D eigenvalue weighted by molar-refractivity contribution is -0.122. The van der Waals surface area contributed by atoms with E-state index in [9.17, 15) is 9.59 Å². The summed E-state index contributed by atoms with van der Waals surface area (Å²) in [5, 5.41) is 3.03. The molecular weight excluding hydrogens is 402 g/mol. The maximum atomic E-state index is 12.7. The van der Waals surface area contributed by atoms with Crippen molar-refractivity contribution in [1.82, 2.24) is 10.2 Å². The Labute approximate surface area is 191 Å². The SMILES string of the molecule is COCC(=O)N(Cc1cccc(C)c1)c1ccc(CC(=O)NCCN2CCCCC2)cc1. The van der Waals surface area contributed by atoms with Gasteiger partial charge in [0.15, 0.2) is 0 Å². The van der Waals surface area contributed by atoms with Gasteiger partial charge in [-0.15, -0.1) is 0 Å². The van der Waals surface area contributed by atoms with Crippen molar-refractivity contribution in [3.8, 4) is 0 Å². The molecule has 2 aromatic carbocycles. The molecule has 1 N–H and O–H groups in total. The van der Waals surface area contributed by atoms with Crippen LogP contribution < -0.4 is 10.2 Å². The summed E-state index contributed by atoms with van der Waals surface area (Å²) in [7, 11) is 1.52. The fraction of sp³-hybridized carbons (Fsp3) is 0.462. The van der Waals surface area contributed by atoms with Crippen molar-refractivity contribution in [1.29, 1.82) is 0 Å². The number of nitrogens with zero attached hydrogens (tertiary/aromatic N) is 2. The first kappa shape index (κ1) is 24.0. The minimum atomic E-state index is -0.0998. The number of nitrogens with one attached hydrogen (secondary N) is 1. The number of piperidine rings is 1. The molecule has 0 aliphatic carbocycles. The zero-order valence-electron chi connectivity index (χ0n) is 19.3. The van der Waals surface area contributed by atoms with Crippen molar-refractivity contribution in [3.05, 3.63) is 65.2 Å². The summed E-state index contributed by atoms with van der Waals surface area (Å²) < 4.78 is 5.08. The number of aryl methyl sites for hydroxylation is 1. The van der Waals surface area contributed by atoms with Gasteiger partial charge in [0.25, 0.3) is 5.91 Å². The fourth-order valence-corrected chi connectivity index (χ4v) is 4.10. The summed E-state index contributed by atoms with van der Waals surface area (Å²) in [6.45, 7) is 6.41. The Hall–Kier alpha value is -2.70. The second-order valence-corrected chi connectivity index (χ2v) is 8.50. The molecule has 1 aliphatic heterocycles. The van der Waals surface area contributed by atoms with Gasteiger partial charge in [0.2, 0.25) is 5.91 Å². The first-order valence-corrected chi connectivity index (χ1v) is 11.5. The van der Waals surface area contributed by atoms with Crippen molar-refractivity contribution < 1.29 is 14.3 Å². The second-order valence-electron chi connectivity index (χ2n) is 8.50. The lowest BCUT2D eigenvalue weighted by atomic mass is 10.1. The molecule has 0 aromatic heterocycles. The normalized spacial score (nSPS) is 14.2. The van der Waals surface area contributed by atoms with Gasteiger partial charge in [0.1, 0.15) is 6.61 Å². The average molecular weight is 438 g/mol. The number of benzene rings is 2. The third kappa shape index (κ3) is 7.46. The van der Waals surface area contributed by atoms with Gasteiger partial charge in [-0.05, 0) is 56.1 Å². The van der Waals surface area contributed by atoms with Crippen molar-refractivity contribution in [2.24, 2.45) is 0 Å². The zero-order valence-corrected chi connectivity index (χ0v) is 19.3. The van der Waals surface area contributed by atoms with E-state index in [1.54, 1.807) is 4.90 Å². The van der Waals surface area contributed by atoms with E-state index >= 15 is 0 Å². The van der Waals surface area contributed by atoms with Crippen LogP contribution in [-0.2, 0) is 27.3 Å². The van der Waals surface area contributed by atoms with Crippen LogP contribution >= 0.6 is 0 Å². The Morgan fingerprint density at radius 3 is 2.47 bits per heavy atom. The first-order chi connectivity index (χ1) is 15.5. The molecule has 1 saturated heterocycles. The number of rotatable bonds is 10. The lowest BCUT2D eigenvalue weighted by Gasteiger charge is -2.26. The van der Waals surface area contributed by atoms with Crippen LogP contribution in [0.5, 0.6) is 0 Å². The van der Waals surface area contributed by atoms with Crippen LogP contribution in [0, 0.1) is 6.92 Å². The third-order valence-corrected chi connectivity index (χ3v) is 5.80. The highest BCUT2D eigenvalue weighted by atomic mass is 16.5. The van der Waals surface area contributed by atoms with Crippen LogP contribution in [0.1, 0.15) is 36.0 Å². The number of ether oxygens (including phenoxy) is 1. The number of amides is 2. The standard InChI is InChI=1S/C26H35N3O3/c1-21-7-6-8-23(17-21)19-29(26(31)20-32-2)24-11-9-22(10-12-24)18-25(30)27-13-16-28-14-4-3-5-15-28/h6-12,17H,3-5,13-16,18-20H2,1-2H3,(H,27,30). The van der Waals surface area contributed by atoms with Crippen molar-refractivity contribution >= 4 is 17.5 Å². The number of anilines is 1. The summed E-state index contributed by atoms with van der Waals surface area (Å²) in [4.78, 5) is 29.1. The Kier molecular flexibility index (Phi) is 9.26. The van der Waals surface area contributed by atoms with Crippen molar-refractivity contribution in [2.45, 2.75) is 39.2 Å². The summed E-state index contributed by atoms with van der Waals surface area (Å²) in [5.74, 6) is -0.0703. The number of hydrogen-bond acceptors (Lipinski definition) is 4. The molecule has 3 rings (SSSR count). The second kappa shape index (κ2) is 12.4. The van der Waals surface area contributed by atoms with E-state index in [0.717, 1.165) is 42.0 Å². The highest BCUT2D eigenvalue weighted by Crippen LogP contribution is 2.20. The summed E-state index contributed by atoms with van der Waals surface area (Å²) >= 11 is 0. The molecule has 2 aromatic rings. The van der Waals surface area contributed by atoms with E-state index in [1.807, 2.05) is 49.4 Å². The molecule has 1 heterocycles. The molecular formula is C26H35N3O3. The Bertz CT molecular complexity index is 876. The van der Waals surface area contributed by atoms with Gasteiger partial charge in [-0.1, -0.05) is 48.4 Å². The van der Waals surface area contributed by atoms with E-state index in [0.29, 0.717) is 19.5 Å². The number of carbonyl (C=O) groups excluding carboxylic acids is 2. The number of carbonyl (C=O) groups is 2. The van der Waals surface area contributed by atoms with Crippen molar-refractivity contribution in [3.63, 3.8) is 0 Å². The molecule has 6 nitrogen and oxygen atoms in total. The Morgan fingerprint density at radius 1 is 1.03 bits per heavy atom. The first-order valence-electron chi connectivity index (χ1n) is 11.5. The molecule has 2 amide bonds. The number of hydrogen-bond donors (Lipinski definition) is 1. The maximum absolute atomic E-state index is 12.7. The van der Waals surface area contributed by atoms with Crippen LogP contribution in [0.15, 0.2) is 48.5 Å². The van der Waals surface area contributed by atoms with Gasteiger partial charge in [-0.25, -0.2) is 0 Å². The summed E-state index contributed by atoms with van der Waals surface area (Å²) in [5.41, 5.74) is 3.94. The molecule has 32 heavy (non-hydrogen) atoms. The smallest absolute Gasteiger partial charge is 0.253 e. The molecule has 0 unspecified atom stereocenters. The number of methoxy groups -OCH3 is 1. The van der Waals surface area contributed by atoms with Crippen molar-refractivity contribution in [2.75, 3.05) is 44.8 Å². The molecule has 0 saturated carbocycles. The summed E-state index contributed by atoms with van der Waals surface area (Å²) in [6.07, 6.45) is 4.17. The average Bonchev–Trinajstić information content (AvgIpc) is 2.79. The minimum absolute atomic E-state index is 0.0208. The predicted octanol–water partition coefficient (Wildman–Crippen LogP) is 3.32. The van der Waals surface area contributed by atoms with Crippen LogP contribution in [0.25, 0.3) is 0 Å². The molecule has 6 heteroatoms. The predicted molar refractivity (Wildman–Crippen MR) is 128 cm³/mol. The quantitative estimate of drug-likeness (QED) is 0.619. The summed E-state index contributed by atoms with van der Waals surface area (Å²) in [6, 6.07) is 15.8. The Balaban J connectivity index is 1.56. The van der Waals surface area contributed by atoms with Crippen LogP contribution in [0.2, 0.25) is 0 Å². The minimum Gasteiger partial charge on any atom is -0.375 e. The van der Waals surface area contributed by atoms with E-state index in [-0.39, 0.29) is 18.4 Å². The van der Waals surface area contributed by atoms with E-state index in [2.05, 4.69) is 16.3 Å². The highest BCUT2D eigenvalue weighted by molar-refractivity contribution is 5.94. The highest BCUT2D eigenvalue weighted by Gasteiger charge is 2.17. The molecule has 0 radical (unpaired) electrons. The topological polar surface area (TPSA) is 61.9 Å². The van der Waals surface area contributed by atoms with Gasteiger partial charge in [0.05, 0.1) is 13.0 Å². The van der Waals surface area contributed by atoms with Crippen LogP contribution in [0.3, 0.4) is 0 Å². The Morgan fingerprint density at radius 2 is 1.78 bits per heavy atom. The molecule has 1 aliphatic rings. The molecule has 0 bridgehead atoms. The van der Waals surface area contributed by atoms with Gasteiger partial charge in [-0.3, -0.25) is 9.59 Å². The molecule has 0 atom stereocenters. The molecule has 172 valence electrons.